The van der Waals surface area contributed by atoms with Crippen LogP contribution in [0.15, 0.2) is 36.4 Å². The van der Waals surface area contributed by atoms with E-state index < -0.39 is 0 Å². The van der Waals surface area contributed by atoms with Crippen LogP contribution in [0, 0.1) is 12.7 Å². The van der Waals surface area contributed by atoms with Gasteiger partial charge in [-0.25, -0.2) is 4.39 Å². The van der Waals surface area contributed by atoms with Gasteiger partial charge in [0.1, 0.15) is 5.82 Å². The Morgan fingerprint density at radius 3 is 2.56 bits per heavy atom. The number of hydrogen-bond acceptors (Lipinski definition) is 1. The fourth-order valence-electron chi connectivity index (χ4n) is 1.58. The highest BCUT2D eigenvalue weighted by atomic mass is 35.5. The maximum atomic E-state index is 13.1. The van der Waals surface area contributed by atoms with Crippen LogP contribution in [0.2, 0.25) is 10.0 Å². The van der Waals surface area contributed by atoms with Crippen molar-refractivity contribution in [3.05, 3.63) is 63.4 Å². The van der Waals surface area contributed by atoms with E-state index in [1.165, 1.54) is 12.1 Å². The number of halogens is 3. The van der Waals surface area contributed by atoms with Gasteiger partial charge in [-0.15, -0.1) is 0 Å². The Labute approximate surface area is 116 Å². The van der Waals surface area contributed by atoms with Gasteiger partial charge in [0.25, 0.3) is 0 Å². The summed E-state index contributed by atoms with van der Waals surface area (Å²) in [6, 6.07) is 10.0. The number of aryl methyl sites for hydroxylation is 1. The molecule has 0 amide bonds. The molecule has 2 aromatic carbocycles. The summed E-state index contributed by atoms with van der Waals surface area (Å²) in [5.41, 5.74) is 2.62. The molecule has 1 N–H and O–H groups in total. The van der Waals surface area contributed by atoms with E-state index in [4.69, 9.17) is 23.2 Å². The maximum Gasteiger partial charge on any atom is 0.123 e. The quantitative estimate of drug-likeness (QED) is 0.831. The normalized spacial score (nSPS) is 10.4. The Balaban J connectivity index is 2.11. The van der Waals surface area contributed by atoms with Gasteiger partial charge in [0.15, 0.2) is 0 Å². The zero-order valence-corrected chi connectivity index (χ0v) is 11.3. The fourth-order valence-corrected chi connectivity index (χ4v) is 1.94. The van der Waals surface area contributed by atoms with Gasteiger partial charge in [-0.05, 0) is 48.4 Å². The maximum absolute atomic E-state index is 13.1. The predicted molar refractivity (Wildman–Crippen MR) is 74.9 cm³/mol. The van der Waals surface area contributed by atoms with Gasteiger partial charge in [0, 0.05) is 22.3 Å². The molecule has 0 aliphatic carbocycles. The van der Waals surface area contributed by atoms with Gasteiger partial charge in [-0.1, -0.05) is 29.3 Å². The highest BCUT2D eigenvalue weighted by molar-refractivity contribution is 6.31. The summed E-state index contributed by atoms with van der Waals surface area (Å²) in [5, 5.41) is 4.40. The lowest BCUT2D eigenvalue weighted by molar-refractivity contribution is 0.626. The largest absolute Gasteiger partial charge is 0.381 e. The lowest BCUT2D eigenvalue weighted by atomic mass is 10.2. The molecule has 18 heavy (non-hydrogen) atoms. The van der Waals surface area contributed by atoms with Crippen LogP contribution >= 0.6 is 23.2 Å². The van der Waals surface area contributed by atoms with E-state index in [-0.39, 0.29) is 5.82 Å². The van der Waals surface area contributed by atoms with Crippen molar-refractivity contribution in [2.24, 2.45) is 0 Å². The smallest absolute Gasteiger partial charge is 0.123 e. The van der Waals surface area contributed by atoms with Crippen molar-refractivity contribution < 1.29 is 4.39 Å². The molecule has 0 saturated heterocycles. The molecular formula is C14H12Cl2FN. The number of hydrogen-bond donors (Lipinski definition) is 1. The van der Waals surface area contributed by atoms with Crippen molar-refractivity contribution in [3.63, 3.8) is 0 Å². The van der Waals surface area contributed by atoms with Gasteiger partial charge in [-0.3, -0.25) is 0 Å². The monoisotopic (exact) mass is 283 g/mol. The molecule has 94 valence electrons. The van der Waals surface area contributed by atoms with Crippen LogP contribution < -0.4 is 5.32 Å². The van der Waals surface area contributed by atoms with Gasteiger partial charge in [0.2, 0.25) is 0 Å². The zero-order chi connectivity index (χ0) is 13.1. The van der Waals surface area contributed by atoms with Crippen LogP contribution in [0.1, 0.15) is 11.1 Å². The lowest BCUT2D eigenvalue weighted by Gasteiger charge is -2.09. The summed E-state index contributed by atoms with van der Waals surface area (Å²) < 4.78 is 13.1. The van der Waals surface area contributed by atoms with E-state index >= 15 is 0 Å². The zero-order valence-electron chi connectivity index (χ0n) is 9.81. The fraction of sp³-hybridized carbons (Fsp3) is 0.143. The van der Waals surface area contributed by atoms with Gasteiger partial charge < -0.3 is 5.32 Å². The van der Waals surface area contributed by atoms with Crippen molar-refractivity contribution in [2.45, 2.75) is 13.5 Å². The third kappa shape index (κ3) is 3.15. The minimum absolute atomic E-state index is 0.293. The summed E-state index contributed by atoms with van der Waals surface area (Å²) in [6.07, 6.45) is 0. The standard InChI is InChI=1S/C14H12Cl2FN/c1-9-2-4-12(7-14(9)16)18-8-10-6-11(17)3-5-13(10)15/h2-7,18H,8H2,1H3. The summed E-state index contributed by atoms with van der Waals surface area (Å²) in [7, 11) is 0. The molecule has 2 aromatic rings. The van der Waals surface area contributed by atoms with Crippen LogP contribution in [0.4, 0.5) is 10.1 Å². The first-order valence-corrected chi connectivity index (χ1v) is 6.26. The predicted octanol–water partition coefficient (Wildman–Crippen LogP) is 5.05. The molecule has 0 unspecified atom stereocenters. The Morgan fingerprint density at radius 1 is 1.06 bits per heavy atom. The molecule has 0 aliphatic rings. The van der Waals surface area contributed by atoms with Gasteiger partial charge in [-0.2, -0.15) is 0 Å². The summed E-state index contributed by atoms with van der Waals surface area (Å²) in [6.45, 7) is 2.39. The summed E-state index contributed by atoms with van der Waals surface area (Å²) in [4.78, 5) is 0. The van der Waals surface area contributed by atoms with E-state index in [0.717, 1.165) is 11.3 Å². The minimum atomic E-state index is -0.293. The average Bonchev–Trinajstić information content (AvgIpc) is 2.34. The average molecular weight is 284 g/mol. The van der Waals surface area contributed by atoms with Crippen molar-refractivity contribution in [1.29, 1.82) is 0 Å². The van der Waals surface area contributed by atoms with Crippen molar-refractivity contribution in [3.8, 4) is 0 Å². The number of anilines is 1. The molecule has 0 spiro atoms. The van der Waals surface area contributed by atoms with Crippen molar-refractivity contribution in [1.82, 2.24) is 0 Å². The Morgan fingerprint density at radius 2 is 1.83 bits per heavy atom. The van der Waals surface area contributed by atoms with Crippen molar-refractivity contribution in [2.75, 3.05) is 5.32 Å². The van der Waals surface area contributed by atoms with E-state index in [0.29, 0.717) is 22.2 Å². The second-order valence-corrected chi connectivity index (χ2v) is 4.87. The Hall–Kier alpha value is -1.25. The first kappa shape index (κ1) is 13.2. The van der Waals surface area contributed by atoms with Crippen LogP contribution in [-0.4, -0.2) is 0 Å². The molecule has 0 atom stereocenters. The van der Waals surface area contributed by atoms with Crippen LogP contribution in [0.3, 0.4) is 0 Å². The molecule has 0 heterocycles. The summed E-state index contributed by atoms with van der Waals surface area (Å²) >= 11 is 12.0. The number of rotatable bonds is 3. The highest BCUT2D eigenvalue weighted by Crippen LogP contribution is 2.22. The number of benzene rings is 2. The third-order valence-corrected chi connectivity index (χ3v) is 3.44. The van der Waals surface area contributed by atoms with Crippen molar-refractivity contribution >= 4 is 28.9 Å². The summed E-state index contributed by atoms with van der Waals surface area (Å²) in [5.74, 6) is -0.293. The molecule has 0 saturated carbocycles. The number of nitrogens with one attached hydrogen (secondary N) is 1. The Bertz CT molecular complexity index is 570. The SMILES string of the molecule is Cc1ccc(NCc2cc(F)ccc2Cl)cc1Cl. The van der Waals surface area contributed by atoms with Crippen LogP contribution in [0.5, 0.6) is 0 Å². The molecule has 0 aromatic heterocycles. The van der Waals surface area contributed by atoms with Gasteiger partial charge in [0.05, 0.1) is 0 Å². The molecule has 1 nitrogen and oxygen atoms in total. The minimum Gasteiger partial charge on any atom is -0.381 e. The van der Waals surface area contributed by atoms with E-state index in [1.54, 1.807) is 6.07 Å². The lowest BCUT2D eigenvalue weighted by Crippen LogP contribution is -2.00. The Kier molecular flexibility index (Phi) is 4.10. The van der Waals surface area contributed by atoms with E-state index in [1.807, 2.05) is 25.1 Å². The molecule has 0 radical (unpaired) electrons. The molecule has 4 heteroatoms. The van der Waals surface area contributed by atoms with Crippen LogP contribution in [-0.2, 0) is 6.54 Å². The topological polar surface area (TPSA) is 12.0 Å². The second-order valence-electron chi connectivity index (χ2n) is 4.05. The molecule has 0 fully saturated rings. The van der Waals surface area contributed by atoms with Gasteiger partial charge >= 0.3 is 0 Å². The van der Waals surface area contributed by atoms with E-state index in [2.05, 4.69) is 5.32 Å². The molecule has 0 bridgehead atoms. The first-order chi connectivity index (χ1) is 8.56. The first-order valence-electron chi connectivity index (χ1n) is 5.50. The molecule has 0 aliphatic heterocycles. The second kappa shape index (κ2) is 5.59. The molecule has 2 rings (SSSR count). The third-order valence-electron chi connectivity index (χ3n) is 2.66. The van der Waals surface area contributed by atoms with Crippen LogP contribution in [0.25, 0.3) is 0 Å². The van der Waals surface area contributed by atoms with E-state index in [9.17, 15) is 4.39 Å². The highest BCUT2D eigenvalue weighted by Gasteiger charge is 2.03. The molecular weight excluding hydrogens is 272 g/mol.